The SMILES string of the molecule is O=C(Nc1nc2c(s1)CN(Cc1ccc(F)cc1)CC2)c1cnccn1. The van der Waals surface area contributed by atoms with Crippen LogP contribution in [0.4, 0.5) is 9.52 Å². The Morgan fingerprint density at radius 2 is 2.12 bits per heavy atom. The summed E-state index contributed by atoms with van der Waals surface area (Å²) in [5.41, 5.74) is 2.37. The average Bonchev–Trinajstić information content (AvgIpc) is 3.06. The van der Waals surface area contributed by atoms with Gasteiger partial charge in [0.2, 0.25) is 0 Å². The quantitative estimate of drug-likeness (QED) is 0.766. The summed E-state index contributed by atoms with van der Waals surface area (Å²) in [6, 6.07) is 6.59. The fraction of sp³-hybridized carbons (Fsp3) is 0.222. The minimum absolute atomic E-state index is 0.222. The third-order valence-corrected chi connectivity index (χ3v) is 5.14. The highest BCUT2D eigenvalue weighted by Gasteiger charge is 2.22. The van der Waals surface area contributed by atoms with Gasteiger partial charge in [-0.3, -0.25) is 20.0 Å². The van der Waals surface area contributed by atoms with Gasteiger partial charge in [-0.25, -0.2) is 14.4 Å². The third kappa shape index (κ3) is 3.76. The molecule has 0 unspecified atom stereocenters. The first-order valence-corrected chi connectivity index (χ1v) is 9.02. The highest BCUT2D eigenvalue weighted by atomic mass is 32.1. The third-order valence-electron chi connectivity index (χ3n) is 4.15. The second-order valence-corrected chi connectivity index (χ2v) is 7.10. The molecule has 0 atom stereocenters. The molecule has 0 saturated heterocycles. The van der Waals surface area contributed by atoms with Crippen molar-refractivity contribution in [2.45, 2.75) is 19.5 Å². The number of halogens is 1. The molecule has 1 aliphatic heterocycles. The van der Waals surface area contributed by atoms with E-state index in [4.69, 9.17) is 0 Å². The van der Waals surface area contributed by atoms with Gasteiger partial charge in [-0.1, -0.05) is 12.1 Å². The molecule has 1 amide bonds. The molecule has 0 saturated carbocycles. The fourth-order valence-corrected chi connectivity index (χ4v) is 3.91. The van der Waals surface area contributed by atoms with E-state index in [0.717, 1.165) is 42.2 Å². The summed E-state index contributed by atoms with van der Waals surface area (Å²) in [6.45, 7) is 2.41. The van der Waals surface area contributed by atoms with Crippen molar-refractivity contribution in [2.75, 3.05) is 11.9 Å². The Balaban J connectivity index is 1.42. The Morgan fingerprint density at radius 1 is 1.27 bits per heavy atom. The predicted octanol–water partition coefficient (Wildman–Crippen LogP) is 2.88. The Labute approximate surface area is 153 Å². The molecule has 6 nitrogen and oxygen atoms in total. The fourth-order valence-electron chi connectivity index (χ4n) is 2.86. The van der Waals surface area contributed by atoms with Crippen LogP contribution in [0.25, 0.3) is 0 Å². The second kappa shape index (κ2) is 7.27. The Kier molecular flexibility index (Phi) is 4.68. The van der Waals surface area contributed by atoms with Crippen molar-refractivity contribution in [2.24, 2.45) is 0 Å². The van der Waals surface area contributed by atoms with Crippen LogP contribution in [0.1, 0.15) is 26.6 Å². The number of carbonyl (C=O) groups is 1. The molecule has 3 aromatic rings. The minimum Gasteiger partial charge on any atom is -0.296 e. The van der Waals surface area contributed by atoms with E-state index in [0.29, 0.717) is 5.13 Å². The molecule has 1 aromatic carbocycles. The number of fused-ring (bicyclic) bond motifs is 1. The summed E-state index contributed by atoms with van der Waals surface area (Å²) >= 11 is 1.48. The van der Waals surface area contributed by atoms with Crippen LogP contribution in [0, 0.1) is 5.82 Å². The lowest BCUT2D eigenvalue weighted by Gasteiger charge is -2.25. The maximum absolute atomic E-state index is 13.0. The van der Waals surface area contributed by atoms with Gasteiger partial charge in [0.15, 0.2) is 5.13 Å². The van der Waals surface area contributed by atoms with E-state index in [9.17, 15) is 9.18 Å². The number of hydrogen-bond donors (Lipinski definition) is 1. The second-order valence-electron chi connectivity index (χ2n) is 6.02. The Morgan fingerprint density at radius 3 is 2.88 bits per heavy atom. The van der Waals surface area contributed by atoms with Crippen LogP contribution in [0.15, 0.2) is 42.9 Å². The zero-order chi connectivity index (χ0) is 17.9. The number of nitrogens with one attached hydrogen (secondary N) is 1. The first kappa shape index (κ1) is 16.7. The molecule has 1 N–H and O–H groups in total. The van der Waals surface area contributed by atoms with Gasteiger partial charge in [-0.2, -0.15) is 0 Å². The molecule has 0 fully saturated rings. The van der Waals surface area contributed by atoms with Gasteiger partial charge in [0.1, 0.15) is 11.5 Å². The first-order chi connectivity index (χ1) is 12.7. The first-order valence-electron chi connectivity index (χ1n) is 8.20. The van der Waals surface area contributed by atoms with Crippen LogP contribution in [-0.4, -0.2) is 32.3 Å². The summed E-state index contributed by atoms with van der Waals surface area (Å²) in [6.07, 6.45) is 5.25. The van der Waals surface area contributed by atoms with Crippen LogP contribution in [0.2, 0.25) is 0 Å². The van der Waals surface area contributed by atoms with Gasteiger partial charge in [0.25, 0.3) is 5.91 Å². The number of nitrogens with zero attached hydrogens (tertiary/aromatic N) is 4. The van der Waals surface area contributed by atoms with E-state index in [-0.39, 0.29) is 17.4 Å². The van der Waals surface area contributed by atoms with Crippen LogP contribution >= 0.6 is 11.3 Å². The lowest BCUT2D eigenvalue weighted by Crippen LogP contribution is -2.29. The number of rotatable bonds is 4. The van der Waals surface area contributed by atoms with E-state index in [1.165, 1.54) is 42.1 Å². The molecule has 26 heavy (non-hydrogen) atoms. The molecule has 8 heteroatoms. The molecule has 2 aromatic heterocycles. The van der Waals surface area contributed by atoms with Crippen molar-refractivity contribution in [3.05, 3.63) is 70.5 Å². The normalized spacial score (nSPS) is 14.0. The van der Waals surface area contributed by atoms with Gasteiger partial charge in [-0.15, -0.1) is 11.3 Å². The van der Waals surface area contributed by atoms with Crippen molar-refractivity contribution >= 4 is 22.4 Å². The molecule has 1 aliphatic rings. The monoisotopic (exact) mass is 369 g/mol. The zero-order valence-electron chi connectivity index (χ0n) is 13.9. The standard InChI is InChI=1S/C18H16FN5OS/c19-13-3-1-12(2-4-13)10-24-8-5-14-16(11-24)26-18(22-14)23-17(25)15-9-20-6-7-21-15/h1-4,6-7,9H,5,8,10-11H2,(H,22,23,25). The topological polar surface area (TPSA) is 71.0 Å². The summed E-state index contributed by atoms with van der Waals surface area (Å²) < 4.78 is 13.0. The number of benzene rings is 1. The highest BCUT2D eigenvalue weighted by Crippen LogP contribution is 2.29. The molecule has 0 radical (unpaired) electrons. The minimum atomic E-state index is -0.313. The molecule has 0 aliphatic carbocycles. The van der Waals surface area contributed by atoms with Gasteiger partial charge in [0, 0.05) is 43.3 Å². The maximum atomic E-state index is 13.0. The van der Waals surface area contributed by atoms with Gasteiger partial charge < -0.3 is 0 Å². The largest absolute Gasteiger partial charge is 0.296 e. The molecule has 0 bridgehead atoms. The number of aromatic nitrogens is 3. The van der Waals surface area contributed by atoms with Crippen molar-refractivity contribution in [3.8, 4) is 0 Å². The highest BCUT2D eigenvalue weighted by molar-refractivity contribution is 7.15. The molecule has 3 heterocycles. The molecule has 132 valence electrons. The number of thiazole rings is 1. The number of hydrogen-bond acceptors (Lipinski definition) is 6. The molecular weight excluding hydrogens is 353 g/mol. The van der Waals surface area contributed by atoms with Crippen molar-refractivity contribution in [1.29, 1.82) is 0 Å². The molecule has 4 rings (SSSR count). The number of anilines is 1. The maximum Gasteiger partial charge on any atom is 0.277 e. The Bertz CT molecular complexity index is 913. The average molecular weight is 369 g/mol. The van der Waals surface area contributed by atoms with Crippen molar-refractivity contribution in [3.63, 3.8) is 0 Å². The van der Waals surface area contributed by atoms with Crippen LogP contribution in [-0.2, 0) is 19.5 Å². The van der Waals surface area contributed by atoms with Gasteiger partial charge in [-0.05, 0) is 17.7 Å². The van der Waals surface area contributed by atoms with Crippen LogP contribution in [0.5, 0.6) is 0 Å². The van der Waals surface area contributed by atoms with Gasteiger partial charge >= 0.3 is 0 Å². The summed E-state index contributed by atoms with van der Waals surface area (Å²) in [5.74, 6) is -0.534. The lowest BCUT2D eigenvalue weighted by atomic mass is 10.1. The summed E-state index contributed by atoms with van der Waals surface area (Å²) in [7, 11) is 0. The lowest BCUT2D eigenvalue weighted by molar-refractivity contribution is 0.102. The summed E-state index contributed by atoms with van der Waals surface area (Å²) in [5, 5.41) is 3.37. The summed E-state index contributed by atoms with van der Waals surface area (Å²) in [4.78, 5) is 28.0. The van der Waals surface area contributed by atoms with E-state index < -0.39 is 0 Å². The van der Waals surface area contributed by atoms with E-state index >= 15 is 0 Å². The number of carbonyl (C=O) groups excluding carboxylic acids is 1. The smallest absolute Gasteiger partial charge is 0.277 e. The molecular formula is C18H16FN5OS. The van der Waals surface area contributed by atoms with Gasteiger partial charge in [0.05, 0.1) is 11.9 Å². The molecule has 0 spiro atoms. The Hall–Kier alpha value is -2.71. The van der Waals surface area contributed by atoms with E-state index in [1.54, 1.807) is 0 Å². The zero-order valence-corrected chi connectivity index (χ0v) is 14.7. The van der Waals surface area contributed by atoms with Crippen LogP contribution < -0.4 is 5.32 Å². The van der Waals surface area contributed by atoms with E-state index in [1.807, 2.05) is 12.1 Å². The predicted molar refractivity (Wildman–Crippen MR) is 96.3 cm³/mol. The number of amides is 1. The van der Waals surface area contributed by atoms with E-state index in [2.05, 4.69) is 25.2 Å². The van der Waals surface area contributed by atoms with Crippen molar-refractivity contribution < 1.29 is 9.18 Å². The van der Waals surface area contributed by atoms with Crippen molar-refractivity contribution in [1.82, 2.24) is 19.9 Å². The van der Waals surface area contributed by atoms with Crippen LogP contribution in [0.3, 0.4) is 0 Å².